The van der Waals surface area contributed by atoms with Gasteiger partial charge < -0.3 is 0 Å². The van der Waals surface area contributed by atoms with Gasteiger partial charge in [-0.15, -0.1) is 0 Å². The molecule has 0 bridgehead atoms. The number of carbonyl (C=O) groups is 1. The van der Waals surface area contributed by atoms with Crippen LogP contribution in [0.5, 0.6) is 0 Å². The number of carbonyl (C=O) groups excluding carboxylic acids is 1. The molecule has 0 saturated heterocycles. The molecule has 9 nitrogen and oxygen atoms in total. The first-order valence-electron chi connectivity index (χ1n) is 5.56. The summed E-state index contributed by atoms with van der Waals surface area (Å²) in [7, 11) is -4.04. The number of hydrogen-bond donors (Lipinski definition) is 1. The van der Waals surface area contributed by atoms with E-state index in [1.54, 1.807) is 0 Å². The van der Waals surface area contributed by atoms with Crippen molar-refractivity contribution in [2.75, 3.05) is 5.88 Å². The highest BCUT2D eigenvalue weighted by Gasteiger charge is 2.21. The van der Waals surface area contributed by atoms with Crippen molar-refractivity contribution >= 4 is 15.7 Å². The Balaban J connectivity index is 2.29. The number of nitro groups is 1. The molecule has 110 valence electrons. The molecule has 2 rings (SSSR count). The van der Waals surface area contributed by atoms with Crippen LogP contribution in [0.1, 0.15) is 10.4 Å². The standard InChI is InChI=1S/C11H9N3O6S/c15-10-5-6-13(12-10)11(16)8-1-3-9(4-2-8)21(19,20)7-14(17)18/h1-6H,7H2,(H,12,15). The lowest BCUT2D eigenvalue weighted by atomic mass is 10.2. The lowest BCUT2D eigenvalue weighted by molar-refractivity contribution is -0.458. The predicted octanol–water partition coefficient (Wildman–Crippen LogP) is -0.127. The average molecular weight is 311 g/mol. The smallest absolute Gasteiger partial charge is 0.268 e. The second-order valence-electron chi connectivity index (χ2n) is 4.07. The van der Waals surface area contributed by atoms with E-state index in [1.165, 1.54) is 18.3 Å². The number of nitrogens with zero attached hydrogens (tertiary/aromatic N) is 2. The monoisotopic (exact) mass is 311 g/mol. The SMILES string of the molecule is O=C(c1ccc(S(=O)(=O)C[N+](=O)[O-])cc1)n1ccc(=O)[nH]1. The second-order valence-corrected chi connectivity index (χ2v) is 6.03. The van der Waals surface area contributed by atoms with Crippen LogP contribution in [0, 0.1) is 10.1 Å². The van der Waals surface area contributed by atoms with Crippen molar-refractivity contribution in [3.8, 4) is 0 Å². The maximum Gasteiger partial charge on any atom is 0.305 e. The Morgan fingerprint density at radius 3 is 2.33 bits per heavy atom. The highest BCUT2D eigenvalue weighted by atomic mass is 32.2. The van der Waals surface area contributed by atoms with Crippen LogP contribution in [0.4, 0.5) is 0 Å². The van der Waals surface area contributed by atoms with E-state index in [1.807, 2.05) is 0 Å². The third kappa shape index (κ3) is 3.23. The normalized spacial score (nSPS) is 11.2. The molecule has 21 heavy (non-hydrogen) atoms. The number of benzene rings is 1. The van der Waals surface area contributed by atoms with Gasteiger partial charge in [0.1, 0.15) is 0 Å². The highest BCUT2D eigenvalue weighted by molar-refractivity contribution is 7.91. The predicted molar refractivity (Wildman–Crippen MR) is 70.3 cm³/mol. The van der Waals surface area contributed by atoms with Crippen LogP contribution in [-0.2, 0) is 9.84 Å². The van der Waals surface area contributed by atoms with E-state index in [9.17, 15) is 28.1 Å². The molecule has 1 aromatic heterocycles. The van der Waals surface area contributed by atoms with Gasteiger partial charge in [0, 0.05) is 22.7 Å². The fourth-order valence-electron chi connectivity index (χ4n) is 1.61. The van der Waals surface area contributed by atoms with Gasteiger partial charge in [-0.25, -0.2) is 13.1 Å². The molecule has 0 radical (unpaired) electrons. The maximum atomic E-state index is 11.9. The number of aromatic amines is 1. The zero-order chi connectivity index (χ0) is 15.6. The molecule has 0 aliphatic carbocycles. The molecule has 0 fully saturated rings. The van der Waals surface area contributed by atoms with Crippen molar-refractivity contribution in [3.63, 3.8) is 0 Å². The zero-order valence-electron chi connectivity index (χ0n) is 10.4. The molecule has 1 aromatic carbocycles. The molecule has 0 saturated carbocycles. The van der Waals surface area contributed by atoms with Gasteiger partial charge in [-0.05, 0) is 24.3 Å². The third-order valence-electron chi connectivity index (χ3n) is 2.56. The van der Waals surface area contributed by atoms with Crippen LogP contribution in [0.15, 0.2) is 46.2 Å². The number of hydrogen-bond acceptors (Lipinski definition) is 6. The summed E-state index contributed by atoms with van der Waals surface area (Å²) in [6.07, 6.45) is 1.24. The summed E-state index contributed by atoms with van der Waals surface area (Å²) in [6.45, 7) is 0. The van der Waals surface area contributed by atoms with Crippen molar-refractivity contribution in [1.29, 1.82) is 0 Å². The molecule has 0 atom stereocenters. The maximum absolute atomic E-state index is 11.9. The Bertz CT molecular complexity index is 847. The first-order chi connectivity index (χ1) is 9.79. The summed E-state index contributed by atoms with van der Waals surface area (Å²) in [5, 5.41) is 12.5. The number of aromatic nitrogens is 2. The van der Waals surface area contributed by atoms with Crippen LogP contribution in [0.25, 0.3) is 0 Å². The van der Waals surface area contributed by atoms with Crippen LogP contribution in [-0.4, -0.2) is 34.9 Å². The molecular weight excluding hydrogens is 302 g/mol. The molecule has 0 unspecified atom stereocenters. The summed E-state index contributed by atoms with van der Waals surface area (Å²) in [6, 6.07) is 5.80. The molecule has 1 N–H and O–H groups in total. The van der Waals surface area contributed by atoms with Gasteiger partial charge in [-0.2, -0.15) is 0 Å². The minimum atomic E-state index is -4.04. The van der Waals surface area contributed by atoms with Gasteiger partial charge in [0.05, 0.1) is 4.90 Å². The van der Waals surface area contributed by atoms with E-state index in [0.29, 0.717) is 0 Å². The third-order valence-corrected chi connectivity index (χ3v) is 4.10. The Labute approximate surface area is 117 Å². The first-order valence-corrected chi connectivity index (χ1v) is 7.22. The fraction of sp³-hybridized carbons (Fsp3) is 0.0909. The second kappa shape index (κ2) is 5.32. The van der Waals surface area contributed by atoms with E-state index in [4.69, 9.17) is 0 Å². The molecule has 1 heterocycles. The Morgan fingerprint density at radius 2 is 1.86 bits per heavy atom. The Kier molecular flexibility index (Phi) is 3.72. The van der Waals surface area contributed by atoms with Gasteiger partial charge in [0.25, 0.3) is 11.5 Å². The van der Waals surface area contributed by atoms with E-state index in [2.05, 4.69) is 5.10 Å². The van der Waals surface area contributed by atoms with Crippen molar-refractivity contribution in [1.82, 2.24) is 9.78 Å². The summed E-state index contributed by atoms with van der Waals surface area (Å²) >= 11 is 0. The van der Waals surface area contributed by atoms with Crippen LogP contribution in [0.3, 0.4) is 0 Å². The van der Waals surface area contributed by atoms with E-state index < -0.39 is 32.1 Å². The molecule has 0 aliphatic rings. The van der Waals surface area contributed by atoms with Crippen molar-refractivity contribution < 1.29 is 18.1 Å². The largest absolute Gasteiger partial charge is 0.305 e. The fourth-order valence-corrected chi connectivity index (χ4v) is 2.59. The average Bonchev–Trinajstić information content (AvgIpc) is 2.83. The van der Waals surface area contributed by atoms with Crippen LogP contribution < -0.4 is 5.56 Å². The number of rotatable bonds is 4. The first kappa shape index (κ1) is 14.7. The van der Waals surface area contributed by atoms with E-state index >= 15 is 0 Å². The summed E-state index contributed by atoms with van der Waals surface area (Å²) in [5.74, 6) is -1.78. The van der Waals surface area contributed by atoms with E-state index in [-0.39, 0.29) is 10.5 Å². The minimum Gasteiger partial charge on any atom is -0.268 e. The lowest BCUT2D eigenvalue weighted by Gasteiger charge is -2.03. The summed E-state index contributed by atoms with van der Waals surface area (Å²) < 4.78 is 24.2. The highest BCUT2D eigenvalue weighted by Crippen LogP contribution is 2.13. The van der Waals surface area contributed by atoms with Gasteiger partial charge in [-0.1, -0.05) is 0 Å². The lowest BCUT2D eigenvalue weighted by Crippen LogP contribution is -2.17. The molecule has 0 aliphatic heterocycles. The van der Waals surface area contributed by atoms with Gasteiger partial charge in [-0.3, -0.25) is 24.8 Å². The van der Waals surface area contributed by atoms with Gasteiger partial charge >= 0.3 is 5.88 Å². The minimum absolute atomic E-state index is 0.127. The summed E-state index contributed by atoms with van der Waals surface area (Å²) in [4.78, 5) is 32.0. The van der Waals surface area contributed by atoms with Crippen molar-refractivity contribution in [2.24, 2.45) is 0 Å². The number of nitrogens with one attached hydrogen (secondary N) is 1. The van der Waals surface area contributed by atoms with Gasteiger partial charge in [0.15, 0.2) is 0 Å². The topological polar surface area (TPSA) is 132 Å². The summed E-state index contributed by atoms with van der Waals surface area (Å²) in [5.41, 5.74) is -0.324. The van der Waals surface area contributed by atoms with Crippen molar-refractivity contribution in [2.45, 2.75) is 4.90 Å². The molecule has 0 spiro atoms. The Morgan fingerprint density at radius 1 is 1.24 bits per heavy atom. The number of sulfone groups is 1. The molecular formula is C11H9N3O6S. The quantitative estimate of drug-likeness (QED) is 0.618. The number of H-pyrrole nitrogens is 1. The molecule has 0 amide bonds. The Hall–Kier alpha value is -2.75. The van der Waals surface area contributed by atoms with Gasteiger partial charge in [0.2, 0.25) is 9.84 Å². The van der Waals surface area contributed by atoms with E-state index in [0.717, 1.165) is 22.9 Å². The van der Waals surface area contributed by atoms with Crippen LogP contribution in [0.2, 0.25) is 0 Å². The van der Waals surface area contributed by atoms with Crippen molar-refractivity contribution in [3.05, 3.63) is 62.6 Å². The zero-order valence-corrected chi connectivity index (χ0v) is 11.2. The molecule has 2 aromatic rings. The molecule has 10 heteroatoms. The van der Waals surface area contributed by atoms with Crippen LogP contribution >= 0.6 is 0 Å².